The number of sulfonamides is 1. The Bertz CT molecular complexity index is 1080. The van der Waals surface area contributed by atoms with E-state index in [0.29, 0.717) is 37.3 Å². The number of carbonyl (C=O) groups excluding carboxylic acids is 1. The van der Waals surface area contributed by atoms with Gasteiger partial charge in [0.05, 0.1) is 11.4 Å². The van der Waals surface area contributed by atoms with Gasteiger partial charge in [-0.2, -0.15) is 0 Å². The van der Waals surface area contributed by atoms with Crippen molar-refractivity contribution in [1.82, 2.24) is 10.4 Å². The Balaban J connectivity index is 1.48. The maximum atomic E-state index is 12.9. The Hall–Kier alpha value is -3.16. The van der Waals surface area contributed by atoms with Crippen LogP contribution in [-0.4, -0.2) is 31.6 Å². The molecule has 0 bridgehead atoms. The molecule has 1 heterocycles. The van der Waals surface area contributed by atoms with Crippen LogP contribution in [-0.2, 0) is 23.1 Å². The van der Waals surface area contributed by atoms with Crippen LogP contribution in [0.1, 0.15) is 27.9 Å². The Morgan fingerprint density at radius 3 is 1.87 bits per heavy atom. The highest BCUT2D eigenvalue weighted by Gasteiger charge is 2.28. The number of rotatable bonds is 7. The quantitative estimate of drug-likeness (QED) is 0.576. The third-order valence-electron chi connectivity index (χ3n) is 5.21. The minimum atomic E-state index is -3.24. The van der Waals surface area contributed by atoms with Gasteiger partial charge >= 0.3 is 0 Å². The van der Waals surface area contributed by atoms with Crippen LogP contribution in [0.3, 0.4) is 0 Å². The zero-order valence-electron chi connectivity index (χ0n) is 17.1. The summed E-state index contributed by atoms with van der Waals surface area (Å²) in [5.74, 6) is -0.0638. The molecule has 1 saturated heterocycles. The second-order valence-corrected chi connectivity index (χ2v) is 9.57. The second-order valence-electron chi connectivity index (χ2n) is 7.56. The van der Waals surface area contributed by atoms with E-state index in [4.69, 9.17) is 0 Å². The average Bonchev–Trinajstić information content (AvgIpc) is 3.14. The average molecular weight is 436 g/mol. The van der Waals surface area contributed by atoms with E-state index in [0.717, 1.165) is 11.1 Å². The molecule has 31 heavy (non-hydrogen) atoms. The summed E-state index contributed by atoms with van der Waals surface area (Å²) in [5.41, 5.74) is 6.26. The van der Waals surface area contributed by atoms with Gasteiger partial charge in [0, 0.05) is 25.2 Å². The first-order chi connectivity index (χ1) is 15.0. The van der Waals surface area contributed by atoms with Crippen molar-refractivity contribution < 1.29 is 13.2 Å². The number of hydrazine groups is 1. The lowest BCUT2D eigenvalue weighted by atomic mass is 10.2. The molecule has 3 aromatic rings. The van der Waals surface area contributed by atoms with Crippen LogP contribution in [0.25, 0.3) is 0 Å². The zero-order chi connectivity index (χ0) is 21.7. The summed E-state index contributed by atoms with van der Waals surface area (Å²) in [6.45, 7) is 1.60. The van der Waals surface area contributed by atoms with Crippen LogP contribution < -0.4 is 9.73 Å². The first kappa shape index (κ1) is 21.1. The summed E-state index contributed by atoms with van der Waals surface area (Å²) in [7, 11) is -3.24. The normalized spacial score (nSPS) is 15.2. The smallest absolute Gasteiger partial charge is 0.265 e. The molecular formula is C24H25N3O3S. The molecule has 1 amide bonds. The van der Waals surface area contributed by atoms with Crippen LogP contribution in [0, 0.1) is 0 Å². The summed E-state index contributed by atoms with van der Waals surface area (Å²) in [5, 5.41) is 1.88. The molecule has 1 aliphatic rings. The minimum Gasteiger partial charge on any atom is -0.284 e. The van der Waals surface area contributed by atoms with Crippen LogP contribution in [0.2, 0.25) is 0 Å². The fraction of sp³-hybridized carbons (Fsp3) is 0.208. The molecule has 0 unspecified atom stereocenters. The number of amides is 1. The molecular weight excluding hydrogens is 410 g/mol. The SMILES string of the molecule is O=C(NN(Cc1ccccc1)Cc1ccccc1)c1ccc(N2CCCS2(=O)=O)cc1. The molecule has 0 aliphatic carbocycles. The van der Waals surface area contributed by atoms with Gasteiger partial charge in [-0.05, 0) is 41.8 Å². The van der Waals surface area contributed by atoms with Crippen LogP contribution in [0.5, 0.6) is 0 Å². The molecule has 6 nitrogen and oxygen atoms in total. The van der Waals surface area contributed by atoms with E-state index in [2.05, 4.69) is 5.43 Å². The topological polar surface area (TPSA) is 69.7 Å². The summed E-state index contributed by atoms with van der Waals surface area (Å²) in [4.78, 5) is 12.9. The van der Waals surface area contributed by atoms with Crippen molar-refractivity contribution >= 4 is 21.6 Å². The van der Waals surface area contributed by atoms with E-state index in [1.165, 1.54) is 4.31 Å². The lowest BCUT2D eigenvalue weighted by molar-refractivity contribution is 0.0759. The number of hydrogen-bond donors (Lipinski definition) is 1. The summed E-state index contributed by atoms with van der Waals surface area (Å²) in [6.07, 6.45) is 0.624. The largest absolute Gasteiger partial charge is 0.284 e. The molecule has 0 saturated carbocycles. The van der Waals surface area contributed by atoms with E-state index in [-0.39, 0.29) is 11.7 Å². The van der Waals surface area contributed by atoms with Crippen LogP contribution in [0.4, 0.5) is 5.69 Å². The summed E-state index contributed by atoms with van der Waals surface area (Å²) in [6, 6.07) is 26.6. The highest BCUT2D eigenvalue weighted by atomic mass is 32.2. The van der Waals surface area contributed by atoms with Gasteiger partial charge in [0.25, 0.3) is 5.91 Å². The van der Waals surface area contributed by atoms with Crippen molar-refractivity contribution in [2.45, 2.75) is 19.5 Å². The third-order valence-corrected chi connectivity index (χ3v) is 7.08. The van der Waals surface area contributed by atoms with Crippen molar-refractivity contribution in [3.05, 3.63) is 102 Å². The molecule has 0 spiro atoms. The Morgan fingerprint density at radius 2 is 1.39 bits per heavy atom. The third kappa shape index (κ3) is 5.31. The highest BCUT2D eigenvalue weighted by molar-refractivity contribution is 7.93. The molecule has 1 aliphatic heterocycles. The highest BCUT2D eigenvalue weighted by Crippen LogP contribution is 2.24. The van der Waals surface area contributed by atoms with Crippen molar-refractivity contribution in [3.8, 4) is 0 Å². The molecule has 7 heteroatoms. The summed E-state index contributed by atoms with van der Waals surface area (Å²) < 4.78 is 25.6. The van der Waals surface area contributed by atoms with E-state index in [1.54, 1.807) is 24.3 Å². The van der Waals surface area contributed by atoms with Crippen LogP contribution >= 0.6 is 0 Å². The molecule has 1 N–H and O–H groups in total. The number of anilines is 1. The number of hydrogen-bond acceptors (Lipinski definition) is 4. The number of carbonyl (C=O) groups is 1. The predicted molar refractivity (Wildman–Crippen MR) is 122 cm³/mol. The van der Waals surface area contributed by atoms with Crippen molar-refractivity contribution in [3.63, 3.8) is 0 Å². The maximum absolute atomic E-state index is 12.9. The first-order valence-electron chi connectivity index (χ1n) is 10.3. The predicted octanol–water partition coefficient (Wildman–Crippen LogP) is 3.57. The molecule has 0 radical (unpaired) electrons. The maximum Gasteiger partial charge on any atom is 0.265 e. The molecule has 3 aromatic carbocycles. The van der Waals surface area contributed by atoms with Crippen molar-refractivity contribution in [1.29, 1.82) is 0 Å². The lowest BCUT2D eigenvalue weighted by Gasteiger charge is -2.24. The molecule has 0 atom stereocenters. The summed E-state index contributed by atoms with van der Waals surface area (Å²) >= 11 is 0. The van der Waals surface area contributed by atoms with Gasteiger partial charge in [-0.15, -0.1) is 0 Å². The van der Waals surface area contributed by atoms with E-state index in [9.17, 15) is 13.2 Å². The Labute approximate surface area is 183 Å². The standard InChI is InChI=1S/C24H25N3O3S/c28-24(22-12-14-23(15-13-22)27-16-7-17-31(27,29)30)25-26(18-20-8-3-1-4-9-20)19-21-10-5-2-6-11-21/h1-6,8-15H,7,16-19H2,(H,25,28). The Morgan fingerprint density at radius 1 is 0.839 bits per heavy atom. The van der Waals surface area contributed by atoms with E-state index in [1.807, 2.05) is 65.7 Å². The van der Waals surface area contributed by atoms with E-state index < -0.39 is 10.0 Å². The molecule has 4 rings (SSSR count). The fourth-order valence-corrected chi connectivity index (χ4v) is 5.22. The number of benzene rings is 3. The van der Waals surface area contributed by atoms with Gasteiger partial charge in [-0.25, -0.2) is 13.4 Å². The fourth-order valence-electron chi connectivity index (χ4n) is 3.66. The van der Waals surface area contributed by atoms with E-state index >= 15 is 0 Å². The molecule has 0 aromatic heterocycles. The van der Waals surface area contributed by atoms with Crippen LogP contribution in [0.15, 0.2) is 84.9 Å². The monoisotopic (exact) mass is 435 g/mol. The van der Waals surface area contributed by atoms with Crippen molar-refractivity contribution in [2.24, 2.45) is 0 Å². The zero-order valence-corrected chi connectivity index (χ0v) is 18.0. The van der Waals surface area contributed by atoms with Gasteiger partial charge in [-0.1, -0.05) is 60.7 Å². The molecule has 160 valence electrons. The minimum absolute atomic E-state index is 0.170. The van der Waals surface area contributed by atoms with Gasteiger partial charge in [0.15, 0.2) is 0 Å². The lowest BCUT2D eigenvalue weighted by Crippen LogP contribution is -2.41. The van der Waals surface area contributed by atoms with Crippen molar-refractivity contribution in [2.75, 3.05) is 16.6 Å². The van der Waals surface area contributed by atoms with Gasteiger partial charge in [0.2, 0.25) is 10.0 Å². The first-order valence-corrected chi connectivity index (χ1v) is 11.9. The van der Waals surface area contributed by atoms with Gasteiger partial charge < -0.3 is 0 Å². The van der Waals surface area contributed by atoms with Gasteiger partial charge in [0.1, 0.15) is 0 Å². The second kappa shape index (κ2) is 9.32. The number of nitrogens with zero attached hydrogens (tertiary/aromatic N) is 2. The number of nitrogens with one attached hydrogen (secondary N) is 1. The van der Waals surface area contributed by atoms with Gasteiger partial charge in [-0.3, -0.25) is 14.5 Å². The molecule has 1 fully saturated rings. The Kier molecular flexibility index (Phi) is 6.34.